The molecule has 0 radical (unpaired) electrons. The van der Waals surface area contributed by atoms with Crippen molar-refractivity contribution in [2.75, 3.05) is 31.1 Å². The average Bonchev–Trinajstić information content (AvgIpc) is 3.14. The number of para-hydroxylation sites is 1. The molecule has 2 aromatic heterocycles. The number of aromatic amines is 1. The Kier molecular flexibility index (Phi) is 4.55. The zero-order chi connectivity index (χ0) is 18.8. The molecule has 0 saturated carbocycles. The highest BCUT2D eigenvalue weighted by molar-refractivity contribution is 5.90. The third kappa shape index (κ3) is 3.27. The molecule has 140 valence electrons. The van der Waals surface area contributed by atoms with E-state index in [9.17, 15) is 0 Å². The minimum Gasteiger partial charge on any atom is -0.354 e. The lowest BCUT2D eigenvalue weighted by atomic mass is 10.0. The summed E-state index contributed by atoms with van der Waals surface area (Å²) in [5.74, 6) is 1.08. The van der Waals surface area contributed by atoms with Gasteiger partial charge in [0, 0.05) is 49.8 Å². The van der Waals surface area contributed by atoms with E-state index in [2.05, 4.69) is 86.5 Å². The van der Waals surface area contributed by atoms with Crippen LogP contribution in [0.15, 0.2) is 79.0 Å². The van der Waals surface area contributed by atoms with Gasteiger partial charge in [-0.2, -0.15) is 0 Å². The summed E-state index contributed by atoms with van der Waals surface area (Å²) >= 11 is 0. The van der Waals surface area contributed by atoms with Crippen LogP contribution < -0.4 is 4.90 Å². The number of H-pyrrole nitrogens is 1. The summed E-state index contributed by atoms with van der Waals surface area (Å²) < 4.78 is 0. The Morgan fingerprint density at radius 1 is 0.786 bits per heavy atom. The Hall–Kier alpha value is -3.11. The highest BCUT2D eigenvalue weighted by Gasteiger charge is 2.21. The maximum atomic E-state index is 4.50. The molecule has 1 saturated heterocycles. The van der Waals surface area contributed by atoms with Crippen LogP contribution in [0.25, 0.3) is 22.2 Å². The van der Waals surface area contributed by atoms with Crippen LogP contribution in [0.2, 0.25) is 0 Å². The van der Waals surface area contributed by atoms with Crippen LogP contribution in [-0.2, 0) is 6.54 Å². The lowest BCUT2D eigenvalue weighted by molar-refractivity contribution is 0.250. The zero-order valence-corrected chi connectivity index (χ0v) is 15.9. The molecule has 0 aliphatic carbocycles. The van der Waals surface area contributed by atoms with Crippen LogP contribution >= 0.6 is 0 Å². The van der Waals surface area contributed by atoms with E-state index in [1.54, 1.807) is 0 Å². The molecule has 4 aromatic rings. The fourth-order valence-electron chi connectivity index (χ4n) is 4.11. The molecule has 4 heteroatoms. The number of anilines is 1. The second-order valence-corrected chi connectivity index (χ2v) is 7.34. The number of hydrogen-bond acceptors (Lipinski definition) is 3. The van der Waals surface area contributed by atoms with Crippen LogP contribution in [0, 0.1) is 0 Å². The summed E-state index contributed by atoms with van der Waals surface area (Å²) in [4.78, 5) is 13.1. The first-order chi connectivity index (χ1) is 13.9. The van der Waals surface area contributed by atoms with Gasteiger partial charge in [0.05, 0.1) is 5.69 Å². The predicted octanol–water partition coefficient (Wildman–Crippen LogP) is 4.55. The van der Waals surface area contributed by atoms with E-state index in [4.69, 9.17) is 0 Å². The smallest absolute Gasteiger partial charge is 0.128 e. The number of aromatic nitrogens is 2. The molecular formula is C24H24N4. The summed E-state index contributed by atoms with van der Waals surface area (Å²) in [5, 5.41) is 1.33. The van der Waals surface area contributed by atoms with E-state index in [1.807, 2.05) is 12.3 Å². The first-order valence-corrected chi connectivity index (χ1v) is 9.92. The van der Waals surface area contributed by atoms with Crippen molar-refractivity contribution in [1.82, 2.24) is 14.9 Å². The zero-order valence-electron chi connectivity index (χ0n) is 15.9. The number of nitrogens with zero attached hydrogens (tertiary/aromatic N) is 3. The molecule has 1 N–H and O–H groups in total. The highest BCUT2D eigenvalue weighted by Crippen LogP contribution is 2.31. The SMILES string of the molecule is c1ccc(-c2[nH]c3ccccc3c2CN2CCN(c3ccccn3)CC2)cc1. The third-order valence-electron chi connectivity index (χ3n) is 5.60. The lowest BCUT2D eigenvalue weighted by Gasteiger charge is -2.35. The van der Waals surface area contributed by atoms with Gasteiger partial charge in [-0.3, -0.25) is 4.90 Å². The molecule has 0 bridgehead atoms. The predicted molar refractivity (Wildman–Crippen MR) is 115 cm³/mol. The number of piperazine rings is 1. The number of pyridine rings is 1. The number of benzene rings is 2. The van der Waals surface area contributed by atoms with Crippen LogP contribution in [0.4, 0.5) is 5.82 Å². The number of fused-ring (bicyclic) bond motifs is 1. The van der Waals surface area contributed by atoms with Gasteiger partial charge in [-0.15, -0.1) is 0 Å². The molecule has 4 nitrogen and oxygen atoms in total. The van der Waals surface area contributed by atoms with Gasteiger partial charge >= 0.3 is 0 Å². The normalized spacial score (nSPS) is 15.2. The Morgan fingerprint density at radius 2 is 1.54 bits per heavy atom. The Bertz CT molecular complexity index is 1050. The van der Waals surface area contributed by atoms with E-state index in [-0.39, 0.29) is 0 Å². The van der Waals surface area contributed by atoms with Crippen molar-refractivity contribution in [2.24, 2.45) is 0 Å². The third-order valence-corrected chi connectivity index (χ3v) is 5.60. The summed E-state index contributed by atoms with van der Waals surface area (Å²) in [7, 11) is 0. The average molecular weight is 368 g/mol. The monoisotopic (exact) mass is 368 g/mol. The second kappa shape index (κ2) is 7.49. The van der Waals surface area contributed by atoms with E-state index >= 15 is 0 Å². The Morgan fingerprint density at radius 3 is 2.32 bits per heavy atom. The minimum absolute atomic E-state index is 0.963. The molecule has 2 aromatic carbocycles. The first kappa shape index (κ1) is 17.0. The second-order valence-electron chi connectivity index (χ2n) is 7.34. The van der Waals surface area contributed by atoms with Crippen molar-refractivity contribution >= 4 is 16.7 Å². The molecule has 1 aliphatic rings. The maximum Gasteiger partial charge on any atom is 0.128 e. The molecule has 28 heavy (non-hydrogen) atoms. The standard InChI is InChI=1S/C24H24N4/c1-2-8-19(9-3-1)24-21(20-10-4-5-11-22(20)26-24)18-27-14-16-28(17-15-27)23-12-6-7-13-25-23/h1-13,26H,14-18H2. The van der Waals surface area contributed by atoms with Crippen LogP contribution in [0.1, 0.15) is 5.56 Å². The molecule has 0 unspecified atom stereocenters. The van der Waals surface area contributed by atoms with Crippen molar-refractivity contribution < 1.29 is 0 Å². The van der Waals surface area contributed by atoms with Gasteiger partial charge in [-0.05, 0) is 29.3 Å². The largest absolute Gasteiger partial charge is 0.354 e. The van der Waals surface area contributed by atoms with Crippen LogP contribution in [-0.4, -0.2) is 41.0 Å². The number of hydrogen-bond donors (Lipinski definition) is 1. The fraction of sp³-hybridized carbons (Fsp3) is 0.208. The van der Waals surface area contributed by atoms with Gasteiger partial charge in [0.2, 0.25) is 0 Å². The van der Waals surface area contributed by atoms with Crippen molar-refractivity contribution in [3.63, 3.8) is 0 Å². The molecular weight excluding hydrogens is 344 g/mol. The van der Waals surface area contributed by atoms with Gasteiger partial charge in [-0.25, -0.2) is 4.98 Å². The highest BCUT2D eigenvalue weighted by atomic mass is 15.3. The number of rotatable bonds is 4. The maximum absolute atomic E-state index is 4.50. The molecule has 1 fully saturated rings. The molecule has 3 heterocycles. The quantitative estimate of drug-likeness (QED) is 0.574. The topological polar surface area (TPSA) is 35.2 Å². The summed E-state index contributed by atoms with van der Waals surface area (Å²) in [6.07, 6.45) is 1.87. The molecule has 5 rings (SSSR count). The van der Waals surface area contributed by atoms with E-state index in [0.29, 0.717) is 0 Å². The van der Waals surface area contributed by atoms with Crippen LogP contribution in [0.3, 0.4) is 0 Å². The molecule has 0 amide bonds. The van der Waals surface area contributed by atoms with Gasteiger partial charge in [0.15, 0.2) is 0 Å². The lowest BCUT2D eigenvalue weighted by Crippen LogP contribution is -2.46. The summed E-state index contributed by atoms with van der Waals surface area (Å²) in [5.41, 5.74) is 5.10. The summed E-state index contributed by atoms with van der Waals surface area (Å²) in [6, 6.07) is 25.4. The van der Waals surface area contributed by atoms with Crippen molar-refractivity contribution in [3.05, 3.63) is 84.6 Å². The minimum atomic E-state index is 0.963. The van der Waals surface area contributed by atoms with Gasteiger partial charge in [0.25, 0.3) is 0 Å². The van der Waals surface area contributed by atoms with E-state index < -0.39 is 0 Å². The van der Waals surface area contributed by atoms with Crippen molar-refractivity contribution in [2.45, 2.75) is 6.54 Å². The van der Waals surface area contributed by atoms with Gasteiger partial charge in [0.1, 0.15) is 5.82 Å². The number of nitrogens with one attached hydrogen (secondary N) is 1. The molecule has 0 spiro atoms. The van der Waals surface area contributed by atoms with E-state index in [0.717, 1.165) is 38.5 Å². The van der Waals surface area contributed by atoms with Crippen LogP contribution in [0.5, 0.6) is 0 Å². The molecule has 1 aliphatic heterocycles. The van der Waals surface area contributed by atoms with Gasteiger partial charge < -0.3 is 9.88 Å². The first-order valence-electron chi connectivity index (χ1n) is 9.92. The Labute approximate surface area is 165 Å². The molecule has 0 atom stereocenters. The van der Waals surface area contributed by atoms with E-state index in [1.165, 1.54) is 27.7 Å². The van der Waals surface area contributed by atoms with Gasteiger partial charge in [-0.1, -0.05) is 54.6 Å². The summed E-state index contributed by atoms with van der Waals surface area (Å²) in [6.45, 7) is 5.08. The van der Waals surface area contributed by atoms with Crippen molar-refractivity contribution in [3.8, 4) is 11.3 Å². The Balaban J connectivity index is 1.40. The fourth-order valence-corrected chi connectivity index (χ4v) is 4.11. The van der Waals surface area contributed by atoms with Crippen molar-refractivity contribution in [1.29, 1.82) is 0 Å².